The van der Waals surface area contributed by atoms with Crippen LogP contribution in [0.25, 0.3) is 0 Å². The Morgan fingerprint density at radius 1 is 1.29 bits per heavy atom. The van der Waals surface area contributed by atoms with Crippen molar-refractivity contribution in [1.29, 1.82) is 0 Å². The van der Waals surface area contributed by atoms with Crippen LogP contribution in [0.5, 0.6) is 0 Å². The fourth-order valence-corrected chi connectivity index (χ4v) is 2.82. The summed E-state index contributed by atoms with van der Waals surface area (Å²) in [6, 6.07) is 0. The maximum Gasteiger partial charge on any atom is 0.306 e. The number of carbonyl (C=O) groups excluding carboxylic acids is 1. The zero-order chi connectivity index (χ0) is 12.4. The highest BCUT2D eigenvalue weighted by Crippen LogP contribution is 2.54. The van der Waals surface area contributed by atoms with E-state index >= 15 is 0 Å². The fraction of sp³-hybridized carbons (Fsp3) is 0.846. The summed E-state index contributed by atoms with van der Waals surface area (Å²) in [4.78, 5) is 22.4. The smallest absolute Gasteiger partial charge is 0.306 e. The molecule has 0 aromatic heterocycles. The van der Waals surface area contributed by atoms with Crippen molar-refractivity contribution in [3.8, 4) is 0 Å². The van der Waals surface area contributed by atoms with Crippen molar-refractivity contribution >= 4 is 11.9 Å². The van der Waals surface area contributed by atoms with Crippen LogP contribution in [0.3, 0.4) is 0 Å². The van der Waals surface area contributed by atoms with Crippen molar-refractivity contribution in [1.82, 2.24) is 5.32 Å². The van der Waals surface area contributed by atoms with Gasteiger partial charge in [0.15, 0.2) is 0 Å². The molecular weight excluding hydrogens is 218 g/mol. The Bertz CT molecular complexity index is 306. The van der Waals surface area contributed by atoms with Crippen LogP contribution in [0.4, 0.5) is 0 Å². The molecule has 2 aliphatic rings. The van der Waals surface area contributed by atoms with Gasteiger partial charge in [-0.05, 0) is 43.9 Å². The lowest BCUT2D eigenvalue weighted by Crippen LogP contribution is -2.31. The van der Waals surface area contributed by atoms with Gasteiger partial charge in [0.05, 0.1) is 5.92 Å². The second kappa shape index (κ2) is 5.07. The van der Waals surface area contributed by atoms with Crippen LogP contribution in [0.2, 0.25) is 0 Å². The average molecular weight is 239 g/mol. The molecule has 4 nitrogen and oxygen atoms in total. The normalized spacial score (nSPS) is 31.7. The quantitative estimate of drug-likeness (QED) is 0.693. The van der Waals surface area contributed by atoms with Gasteiger partial charge in [0, 0.05) is 12.5 Å². The number of aliphatic carboxylic acids is 1. The molecule has 0 saturated heterocycles. The van der Waals surface area contributed by atoms with E-state index in [1.165, 1.54) is 6.42 Å². The number of fused-ring (bicyclic) bond motifs is 1. The van der Waals surface area contributed by atoms with Gasteiger partial charge in [-0.3, -0.25) is 9.59 Å². The van der Waals surface area contributed by atoms with Gasteiger partial charge in [-0.15, -0.1) is 0 Å². The number of amides is 1. The number of hydrogen-bond donors (Lipinski definition) is 2. The molecule has 2 N–H and O–H groups in total. The minimum absolute atomic E-state index is 0.181. The molecule has 0 aromatic carbocycles. The highest BCUT2D eigenvalue weighted by Gasteiger charge is 2.47. The van der Waals surface area contributed by atoms with Gasteiger partial charge in [-0.25, -0.2) is 0 Å². The summed E-state index contributed by atoms with van der Waals surface area (Å²) in [7, 11) is 0. The third-order valence-corrected chi connectivity index (χ3v) is 4.15. The van der Waals surface area contributed by atoms with Crippen molar-refractivity contribution in [2.75, 3.05) is 6.54 Å². The zero-order valence-electron chi connectivity index (χ0n) is 10.3. The highest BCUT2D eigenvalue weighted by molar-refractivity contribution is 5.79. The minimum Gasteiger partial charge on any atom is -0.481 e. The van der Waals surface area contributed by atoms with Gasteiger partial charge >= 0.3 is 5.97 Å². The molecule has 2 fully saturated rings. The van der Waals surface area contributed by atoms with E-state index in [2.05, 4.69) is 5.32 Å². The van der Waals surface area contributed by atoms with E-state index in [0.717, 1.165) is 31.1 Å². The van der Waals surface area contributed by atoms with Crippen molar-refractivity contribution in [2.24, 2.45) is 23.7 Å². The molecule has 17 heavy (non-hydrogen) atoms. The van der Waals surface area contributed by atoms with Crippen LogP contribution in [0.1, 0.15) is 39.0 Å². The first-order valence-electron chi connectivity index (χ1n) is 6.58. The molecule has 2 saturated carbocycles. The summed E-state index contributed by atoms with van der Waals surface area (Å²) in [5, 5.41) is 11.6. The predicted octanol–water partition coefficient (Wildman–Crippen LogP) is 1.65. The number of hydrogen-bond acceptors (Lipinski definition) is 2. The molecular formula is C13H21NO3. The number of rotatable bonds is 6. The Morgan fingerprint density at radius 2 is 1.94 bits per heavy atom. The van der Waals surface area contributed by atoms with Crippen molar-refractivity contribution in [3.05, 3.63) is 0 Å². The lowest BCUT2D eigenvalue weighted by Gasteiger charge is -2.12. The second-order valence-corrected chi connectivity index (χ2v) is 5.60. The van der Waals surface area contributed by atoms with E-state index in [0.29, 0.717) is 13.0 Å². The second-order valence-electron chi connectivity index (χ2n) is 5.60. The van der Waals surface area contributed by atoms with Crippen LogP contribution in [0, 0.1) is 23.7 Å². The summed E-state index contributed by atoms with van der Waals surface area (Å²) in [6.45, 7) is 2.32. The van der Waals surface area contributed by atoms with Gasteiger partial charge in [0.1, 0.15) is 0 Å². The molecule has 2 rings (SSSR count). The van der Waals surface area contributed by atoms with Crippen LogP contribution in [-0.2, 0) is 9.59 Å². The summed E-state index contributed by atoms with van der Waals surface area (Å²) in [5.74, 6) is 1.00. The zero-order valence-corrected chi connectivity index (χ0v) is 10.3. The molecule has 96 valence electrons. The Kier molecular flexibility index (Phi) is 3.69. The van der Waals surface area contributed by atoms with Gasteiger partial charge in [0.25, 0.3) is 0 Å². The van der Waals surface area contributed by atoms with Crippen LogP contribution < -0.4 is 5.32 Å². The Labute approximate surface area is 102 Å². The molecule has 1 amide bonds. The number of carboxylic acid groups (broad SMARTS) is 1. The van der Waals surface area contributed by atoms with Crippen LogP contribution >= 0.6 is 0 Å². The predicted molar refractivity (Wildman–Crippen MR) is 63.4 cm³/mol. The minimum atomic E-state index is -0.757. The first-order chi connectivity index (χ1) is 8.08. The lowest BCUT2D eigenvalue weighted by molar-refractivity contribution is -0.141. The Morgan fingerprint density at radius 3 is 2.53 bits per heavy atom. The number of carbonyl (C=O) groups is 2. The van der Waals surface area contributed by atoms with Crippen molar-refractivity contribution in [3.63, 3.8) is 0 Å². The first-order valence-corrected chi connectivity index (χ1v) is 6.58. The lowest BCUT2D eigenvalue weighted by atomic mass is 10.0. The molecule has 0 spiro atoms. The SMILES string of the molecule is CC(CCCNC(=O)C1CC2CC2C1)C(=O)O. The Balaban J connectivity index is 1.56. The van der Waals surface area contributed by atoms with E-state index in [9.17, 15) is 9.59 Å². The largest absolute Gasteiger partial charge is 0.481 e. The maximum absolute atomic E-state index is 11.8. The van der Waals surface area contributed by atoms with E-state index in [1.807, 2.05) is 0 Å². The van der Waals surface area contributed by atoms with Crippen LogP contribution in [-0.4, -0.2) is 23.5 Å². The Hall–Kier alpha value is -1.06. The third-order valence-electron chi connectivity index (χ3n) is 4.15. The number of nitrogens with one attached hydrogen (secondary N) is 1. The summed E-state index contributed by atoms with van der Waals surface area (Å²) >= 11 is 0. The van der Waals surface area contributed by atoms with Gasteiger partial charge in [-0.1, -0.05) is 6.92 Å². The monoisotopic (exact) mass is 239 g/mol. The topological polar surface area (TPSA) is 66.4 Å². The summed E-state index contributed by atoms with van der Waals surface area (Å²) < 4.78 is 0. The standard InChI is InChI=1S/C13H21NO3/c1-8(13(16)17)3-2-4-14-12(15)11-6-9-5-10(9)7-11/h8-11H,2-7H2,1H3,(H,14,15)(H,16,17). The van der Waals surface area contributed by atoms with Gasteiger partial charge < -0.3 is 10.4 Å². The van der Waals surface area contributed by atoms with Crippen LogP contribution in [0.15, 0.2) is 0 Å². The third kappa shape index (κ3) is 3.20. The molecule has 0 bridgehead atoms. The molecule has 0 radical (unpaired) electrons. The summed E-state index contributed by atoms with van der Waals surface area (Å²) in [6.07, 6.45) is 4.86. The highest BCUT2D eigenvalue weighted by atomic mass is 16.4. The van der Waals surface area contributed by atoms with Gasteiger partial charge in [-0.2, -0.15) is 0 Å². The fourth-order valence-electron chi connectivity index (χ4n) is 2.82. The van der Waals surface area contributed by atoms with Crippen molar-refractivity contribution < 1.29 is 14.7 Å². The molecule has 4 heteroatoms. The van der Waals surface area contributed by atoms with Gasteiger partial charge in [0.2, 0.25) is 5.91 Å². The maximum atomic E-state index is 11.8. The molecule has 0 aromatic rings. The van der Waals surface area contributed by atoms with E-state index < -0.39 is 5.97 Å². The van der Waals surface area contributed by atoms with Crippen molar-refractivity contribution in [2.45, 2.75) is 39.0 Å². The summed E-state index contributed by atoms with van der Waals surface area (Å²) in [5.41, 5.74) is 0. The first kappa shape index (κ1) is 12.4. The molecule has 0 aliphatic heterocycles. The average Bonchev–Trinajstić information content (AvgIpc) is 2.90. The van der Waals surface area contributed by atoms with E-state index in [4.69, 9.17) is 5.11 Å². The number of carboxylic acids is 1. The van der Waals surface area contributed by atoms with E-state index in [1.54, 1.807) is 6.92 Å². The molecule has 3 atom stereocenters. The molecule has 2 aliphatic carbocycles. The molecule has 0 heterocycles. The van der Waals surface area contributed by atoms with E-state index in [-0.39, 0.29) is 17.7 Å². The molecule has 3 unspecified atom stereocenters.